The quantitative estimate of drug-likeness (QED) is 0.686. The highest BCUT2D eigenvalue weighted by Crippen LogP contribution is 2.41. The van der Waals surface area contributed by atoms with Gasteiger partial charge in [0.2, 0.25) is 0 Å². The molecule has 1 aromatic heterocycles. The van der Waals surface area contributed by atoms with Crippen molar-refractivity contribution < 1.29 is 0 Å². The Kier molecular flexibility index (Phi) is 5.75. The monoisotopic (exact) mass is 360 g/mol. The van der Waals surface area contributed by atoms with Crippen LogP contribution in [0, 0.1) is 5.41 Å². The summed E-state index contributed by atoms with van der Waals surface area (Å²) in [5.41, 5.74) is 4.30. The van der Waals surface area contributed by atoms with E-state index in [2.05, 4.69) is 37.9 Å². The third-order valence-corrected chi connectivity index (χ3v) is 4.65. The molecule has 27 heavy (non-hydrogen) atoms. The van der Waals surface area contributed by atoms with Crippen molar-refractivity contribution in [3.05, 3.63) is 84.8 Å². The lowest BCUT2D eigenvalue weighted by Gasteiger charge is -2.34. The molecule has 0 aliphatic heterocycles. The summed E-state index contributed by atoms with van der Waals surface area (Å²) in [5, 5.41) is 13.3. The lowest BCUT2D eigenvalue weighted by Crippen LogP contribution is -2.29. The van der Waals surface area contributed by atoms with Crippen molar-refractivity contribution in [1.29, 1.82) is 0 Å². The van der Waals surface area contributed by atoms with Crippen molar-refractivity contribution in [2.45, 2.75) is 39.7 Å². The molecule has 0 saturated carbocycles. The van der Waals surface area contributed by atoms with Crippen LogP contribution >= 0.6 is 0 Å². The normalized spacial score (nSPS) is 19.4. The molecule has 0 amide bonds. The topological polar surface area (TPSA) is 42.7 Å². The Labute approximate surface area is 162 Å². The number of para-hydroxylation sites is 1. The van der Waals surface area contributed by atoms with E-state index in [1.54, 1.807) is 10.9 Å². The second-order valence-electron chi connectivity index (χ2n) is 7.64. The summed E-state index contributed by atoms with van der Waals surface area (Å²) < 4.78 is 0. The third kappa shape index (κ3) is 4.64. The molecule has 140 valence electrons. The van der Waals surface area contributed by atoms with Gasteiger partial charge in [0.25, 0.3) is 0 Å². The Morgan fingerprint density at radius 3 is 2.70 bits per heavy atom. The number of nitrogens with one attached hydrogen (secondary N) is 1. The molecule has 1 aliphatic rings. The maximum atomic E-state index is 4.86. The number of benzene rings is 1. The number of hydrogen-bond acceptors (Lipinski definition) is 3. The van der Waals surface area contributed by atoms with Crippen molar-refractivity contribution >= 4 is 11.4 Å². The van der Waals surface area contributed by atoms with Gasteiger partial charge >= 0.3 is 0 Å². The molecule has 0 saturated heterocycles. The van der Waals surface area contributed by atoms with Crippen LogP contribution in [-0.2, 0) is 6.42 Å². The molecular weight excluding hydrogens is 332 g/mol. The molecule has 1 heterocycles. The minimum atomic E-state index is 0.145. The third-order valence-electron chi connectivity index (χ3n) is 4.65. The molecule has 4 nitrogen and oxygen atoms in total. The molecule has 0 bridgehead atoms. The second kappa shape index (κ2) is 8.21. The second-order valence-corrected chi connectivity index (χ2v) is 7.64. The van der Waals surface area contributed by atoms with Gasteiger partial charge in [0, 0.05) is 5.69 Å². The zero-order valence-electron chi connectivity index (χ0n) is 16.4. The summed E-state index contributed by atoms with van der Waals surface area (Å²) in [4.78, 5) is 1.74. The summed E-state index contributed by atoms with van der Waals surface area (Å²) in [6.45, 7) is 10.3. The molecular formula is C23H28N4. The fourth-order valence-electron chi connectivity index (χ4n) is 3.44. The standard InChI is InChI=1S/C23H28N4/c1-5-7-14-19(15-8-6-2)27-25-21-17-23(3,4)16-20(22(21)26-27)24-18-12-10-9-11-13-18/h5-15,20,24H,1,16-17H2,2-4H3/b8-6-,14-7-,19-15+. The minimum absolute atomic E-state index is 0.145. The molecule has 1 aliphatic carbocycles. The fourth-order valence-corrected chi connectivity index (χ4v) is 3.44. The van der Waals surface area contributed by atoms with Gasteiger partial charge in [-0.25, -0.2) is 0 Å². The number of nitrogens with zero attached hydrogens (tertiary/aromatic N) is 3. The molecule has 3 rings (SSSR count). The van der Waals surface area contributed by atoms with E-state index in [4.69, 9.17) is 10.2 Å². The van der Waals surface area contributed by atoms with Crippen LogP contribution in [0.25, 0.3) is 5.70 Å². The van der Waals surface area contributed by atoms with Crippen molar-refractivity contribution in [1.82, 2.24) is 15.0 Å². The van der Waals surface area contributed by atoms with Crippen LogP contribution in [0.2, 0.25) is 0 Å². The first-order chi connectivity index (χ1) is 13.0. The lowest BCUT2D eigenvalue weighted by molar-refractivity contribution is 0.286. The highest BCUT2D eigenvalue weighted by molar-refractivity contribution is 5.58. The molecule has 1 unspecified atom stereocenters. The summed E-state index contributed by atoms with van der Waals surface area (Å²) in [5.74, 6) is 0. The van der Waals surface area contributed by atoms with Gasteiger partial charge in [-0.05, 0) is 49.5 Å². The number of hydrogen-bond donors (Lipinski definition) is 1. The summed E-state index contributed by atoms with van der Waals surface area (Å²) in [7, 11) is 0. The molecule has 1 aromatic carbocycles. The molecule has 0 radical (unpaired) electrons. The Balaban J connectivity index is 1.98. The van der Waals surface area contributed by atoms with Crippen LogP contribution in [0.5, 0.6) is 0 Å². The van der Waals surface area contributed by atoms with E-state index in [1.165, 1.54) is 0 Å². The maximum Gasteiger partial charge on any atom is 0.109 e. The van der Waals surface area contributed by atoms with E-state index in [9.17, 15) is 0 Å². The molecule has 0 spiro atoms. The first kappa shape index (κ1) is 18.9. The average Bonchev–Trinajstić information content (AvgIpc) is 3.05. The highest BCUT2D eigenvalue weighted by Gasteiger charge is 2.36. The number of fused-ring (bicyclic) bond motifs is 1. The van der Waals surface area contributed by atoms with Gasteiger partial charge in [0.1, 0.15) is 5.69 Å². The SMILES string of the molecule is C=C\C=C/C(=C\C=C/C)n1nc2c(n1)C(Nc1ccccc1)CC(C)(C)C2. The zero-order chi connectivity index (χ0) is 19.3. The maximum absolute atomic E-state index is 4.86. The van der Waals surface area contributed by atoms with Gasteiger partial charge in [-0.2, -0.15) is 15.0 Å². The van der Waals surface area contributed by atoms with Gasteiger partial charge in [-0.3, -0.25) is 0 Å². The number of anilines is 1. The van der Waals surface area contributed by atoms with E-state index in [0.29, 0.717) is 0 Å². The number of rotatable bonds is 6. The van der Waals surface area contributed by atoms with E-state index >= 15 is 0 Å². The lowest BCUT2D eigenvalue weighted by atomic mass is 9.75. The van der Waals surface area contributed by atoms with E-state index in [0.717, 1.165) is 35.6 Å². The first-order valence-electron chi connectivity index (χ1n) is 9.42. The van der Waals surface area contributed by atoms with Crippen LogP contribution in [-0.4, -0.2) is 15.0 Å². The van der Waals surface area contributed by atoms with Crippen LogP contribution in [0.1, 0.15) is 44.6 Å². The fraction of sp³-hybridized carbons (Fsp3) is 0.304. The first-order valence-corrected chi connectivity index (χ1v) is 9.42. The summed E-state index contributed by atoms with van der Waals surface area (Å²) in [6.07, 6.45) is 13.6. The van der Waals surface area contributed by atoms with Crippen LogP contribution in [0.3, 0.4) is 0 Å². The Bertz CT molecular complexity index is 869. The average molecular weight is 361 g/mol. The largest absolute Gasteiger partial charge is 0.376 e. The van der Waals surface area contributed by atoms with Gasteiger partial charge in [0.15, 0.2) is 0 Å². The molecule has 1 atom stereocenters. The highest BCUT2D eigenvalue weighted by atomic mass is 15.5. The van der Waals surface area contributed by atoms with E-state index in [-0.39, 0.29) is 11.5 Å². The van der Waals surface area contributed by atoms with Crippen molar-refractivity contribution in [3.63, 3.8) is 0 Å². The van der Waals surface area contributed by atoms with Crippen molar-refractivity contribution in [2.24, 2.45) is 5.41 Å². The van der Waals surface area contributed by atoms with Crippen molar-refractivity contribution in [2.75, 3.05) is 5.32 Å². The Morgan fingerprint density at radius 2 is 2.00 bits per heavy atom. The molecule has 0 fully saturated rings. The summed E-state index contributed by atoms with van der Waals surface area (Å²) in [6, 6.07) is 10.5. The van der Waals surface area contributed by atoms with Gasteiger partial charge in [-0.1, -0.05) is 62.9 Å². The molecule has 2 aromatic rings. The minimum Gasteiger partial charge on any atom is -0.376 e. The van der Waals surface area contributed by atoms with E-state index < -0.39 is 0 Å². The predicted molar refractivity (Wildman–Crippen MR) is 113 cm³/mol. The number of allylic oxidation sites excluding steroid dienone is 7. The predicted octanol–water partition coefficient (Wildman–Crippen LogP) is 5.56. The smallest absolute Gasteiger partial charge is 0.109 e. The number of aromatic nitrogens is 3. The van der Waals surface area contributed by atoms with Gasteiger partial charge in [0.05, 0.1) is 17.4 Å². The van der Waals surface area contributed by atoms with Gasteiger partial charge < -0.3 is 5.32 Å². The van der Waals surface area contributed by atoms with Crippen LogP contribution in [0.4, 0.5) is 5.69 Å². The van der Waals surface area contributed by atoms with Crippen LogP contribution < -0.4 is 5.32 Å². The zero-order valence-corrected chi connectivity index (χ0v) is 16.4. The van der Waals surface area contributed by atoms with Gasteiger partial charge in [-0.15, -0.1) is 0 Å². The van der Waals surface area contributed by atoms with Crippen LogP contribution in [0.15, 0.2) is 73.4 Å². The Morgan fingerprint density at radius 1 is 1.22 bits per heavy atom. The summed E-state index contributed by atoms with van der Waals surface area (Å²) >= 11 is 0. The van der Waals surface area contributed by atoms with Crippen molar-refractivity contribution in [3.8, 4) is 0 Å². The van der Waals surface area contributed by atoms with E-state index in [1.807, 2.05) is 55.5 Å². The molecule has 4 heteroatoms. The Hall–Kier alpha value is -2.88. The molecule has 1 N–H and O–H groups in total.